The molecule has 24 heavy (non-hydrogen) atoms. The second-order valence-electron chi connectivity index (χ2n) is 4.83. The molecule has 0 aliphatic rings. The van der Waals surface area contributed by atoms with Crippen LogP contribution in [0.3, 0.4) is 0 Å². The summed E-state index contributed by atoms with van der Waals surface area (Å²) in [6, 6.07) is 9.22. The Balaban J connectivity index is 2.16. The number of alkyl halides is 5. The van der Waals surface area contributed by atoms with E-state index in [1.807, 2.05) is 0 Å². The van der Waals surface area contributed by atoms with Crippen molar-refractivity contribution in [3.63, 3.8) is 0 Å². The van der Waals surface area contributed by atoms with Crippen molar-refractivity contribution in [1.82, 2.24) is 0 Å². The van der Waals surface area contributed by atoms with Gasteiger partial charge in [0.15, 0.2) is 0 Å². The fourth-order valence-electron chi connectivity index (χ4n) is 1.84. The smallest absolute Gasteiger partial charge is 0.457 e. The molecule has 0 heterocycles. The van der Waals surface area contributed by atoms with Gasteiger partial charge in [0.2, 0.25) is 0 Å². The summed E-state index contributed by atoms with van der Waals surface area (Å²) in [4.78, 5) is 11.7. The topological polar surface area (TPSA) is 26.3 Å². The third-order valence-corrected chi connectivity index (χ3v) is 3.12. The van der Waals surface area contributed by atoms with Crippen LogP contribution in [0.25, 0.3) is 0 Å². The third kappa shape index (κ3) is 3.69. The maximum atomic E-state index is 13.7. The first-order valence-electron chi connectivity index (χ1n) is 6.58. The lowest BCUT2D eigenvalue weighted by molar-refractivity contribution is -0.289. The average molecular weight is 348 g/mol. The molecule has 0 bridgehead atoms. The number of halogens is 6. The van der Waals surface area contributed by atoms with Crippen LogP contribution in [0.4, 0.5) is 26.3 Å². The zero-order valence-corrected chi connectivity index (χ0v) is 11.9. The monoisotopic (exact) mass is 348 g/mol. The number of carbonyl (C=O) groups excluding carboxylic acids is 1. The van der Waals surface area contributed by atoms with E-state index in [2.05, 4.69) is 0 Å². The lowest BCUT2D eigenvalue weighted by Gasteiger charge is -2.20. The predicted octanol–water partition coefficient (Wildman–Crippen LogP) is 4.84. The van der Waals surface area contributed by atoms with Crippen LogP contribution in [-0.2, 0) is 17.3 Å². The number of esters is 1. The predicted molar refractivity (Wildman–Crippen MR) is 71.9 cm³/mol. The summed E-state index contributed by atoms with van der Waals surface area (Å²) in [6.45, 7) is -0.195. The molecule has 2 aromatic rings. The van der Waals surface area contributed by atoms with Gasteiger partial charge in [-0.2, -0.15) is 22.0 Å². The van der Waals surface area contributed by atoms with Crippen LogP contribution in [0.15, 0.2) is 48.5 Å². The van der Waals surface area contributed by atoms with Crippen LogP contribution in [0, 0.1) is 5.82 Å². The maximum absolute atomic E-state index is 13.7. The Bertz CT molecular complexity index is 725. The Morgan fingerprint density at radius 1 is 0.958 bits per heavy atom. The molecule has 128 valence electrons. The molecule has 0 unspecified atom stereocenters. The normalized spacial score (nSPS) is 12.1. The van der Waals surface area contributed by atoms with Gasteiger partial charge in [-0.15, -0.1) is 0 Å². The van der Waals surface area contributed by atoms with Gasteiger partial charge in [0.1, 0.15) is 12.4 Å². The van der Waals surface area contributed by atoms with E-state index in [1.54, 1.807) is 30.3 Å². The van der Waals surface area contributed by atoms with Gasteiger partial charge in [0, 0.05) is 5.56 Å². The molecule has 0 fully saturated rings. The molecule has 8 heteroatoms. The highest BCUT2D eigenvalue weighted by Crippen LogP contribution is 2.44. The van der Waals surface area contributed by atoms with E-state index in [0.717, 1.165) is 0 Å². The molecule has 0 spiro atoms. The minimum absolute atomic E-state index is 0.0212. The summed E-state index contributed by atoms with van der Waals surface area (Å²) in [7, 11) is 0. The number of hydrogen-bond donors (Lipinski definition) is 0. The lowest BCUT2D eigenvalue weighted by Crippen LogP contribution is -2.33. The highest BCUT2D eigenvalue weighted by molar-refractivity contribution is 5.89. The van der Waals surface area contributed by atoms with Crippen LogP contribution in [0.1, 0.15) is 21.5 Å². The van der Waals surface area contributed by atoms with Gasteiger partial charge in [0.05, 0.1) is 5.56 Å². The van der Waals surface area contributed by atoms with Crippen molar-refractivity contribution in [2.75, 3.05) is 0 Å². The van der Waals surface area contributed by atoms with E-state index in [0.29, 0.717) is 17.7 Å². The van der Waals surface area contributed by atoms with E-state index in [-0.39, 0.29) is 12.7 Å². The molecule has 0 aliphatic carbocycles. The highest BCUT2D eigenvalue weighted by Gasteiger charge is 2.58. The molecule has 0 N–H and O–H groups in total. The quantitative estimate of drug-likeness (QED) is 0.584. The van der Waals surface area contributed by atoms with Crippen molar-refractivity contribution in [1.29, 1.82) is 0 Å². The van der Waals surface area contributed by atoms with Crippen molar-refractivity contribution < 1.29 is 35.9 Å². The molecule has 2 rings (SSSR count). The fourth-order valence-corrected chi connectivity index (χ4v) is 1.84. The number of hydrogen-bond acceptors (Lipinski definition) is 2. The summed E-state index contributed by atoms with van der Waals surface area (Å²) < 4.78 is 81.6. The minimum Gasteiger partial charge on any atom is -0.457 e. The number of ether oxygens (including phenoxy) is 1. The molecule has 2 aromatic carbocycles. The molecule has 0 amide bonds. The van der Waals surface area contributed by atoms with Gasteiger partial charge in [-0.05, 0) is 17.7 Å². The molecule has 0 atom stereocenters. The Labute approximate surface area is 132 Å². The van der Waals surface area contributed by atoms with Gasteiger partial charge < -0.3 is 4.74 Å². The molecule has 2 nitrogen and oxygen atoms in total. The van der Waals surface area contributed by atoms with Crippen molar-refractivity contribution in [3.05, 3.63) is 71.0 Å². The van der Waals surface area contributed by atoms with Crippen molar-refractivity contribution in [2.24, 2.45) is 0 Å². The highest BCUT2D eigenvalue weighted by atomic mass is 19.4. The molecule has 0 saturated heterocycles. The minimum atomic E-state index is -5.87. The SMILES string of the molecule is O=C(OCc1ccccc1)c1ccc(C(F)(F)C(F)(F)F)cc1F. The molecule has 0 aromatic heterocycles. The van der Waals surface area contributed by atoms with E-state index in [1.165, 1.54) is 0 Å². The van der Waals surface area contributed by atoms with E-state index >= 15 is 0 Å². The van der Waals surface area contributed by atoms with Gasteiger partial charge >= 0.3 is 18.1 Å². The fraction of sp³-hybridized carbons (Fsp3) is 0.188. The molecule has 0 aliphatic heterocycles. The van der Waals surface area contributed by atoms with Crippen molar-refractivity contribution in [3.8, 4) is 0 Å². The second kappa shape index (κ2) is 6.54. The summed E-state index contributed by atoms with van der Waals surface area (Å²) in [5, 5.41) is 0. The summed E-state index contributed by atoms with van der Waals surface area (Å²) >= 11 is 0. The van der Waals surface area contributed by atoms with E-state index < -0.39 is 35.0 Å². The van der Waals surface area contributed by atoms with Gasteiger partial charge in [-0.3, -0.25) is 0 Å². The van der Waals surface area contributed by atoms with E-state index in [4.69, 9.17) is 4.74 Å². The van der Waals surface area contributed by atoms with Gasteiger partial charge in [0.25, 0.3) is 0 Å². The zero-order valence-electron chi connectivity index (χ0n) is 11.9. The summed E-state index contributed by atoms with van der Waals surface area (Å²) in [5.41, 5.74) is -1.72. The summed E-state index contributed by atoms with van der Waals surface area (Å²) in [5.74, 6) is -7.91. The van der Waals surface area contributed by atoms with Crippen molar-refractivity contribution >= 4 is 5.97 Å². The van der Waals surface area contributed by atoms with Crippen LogP contribution in [0.2, 0.25) is 0 Å². The largest absolute Gasteiger partial charge is 0.458 e. The summed E-state index contributed by atoms with van der Waals surface area (Å²) in [6.07, 6.45) is -5.87. The molecule has 0 saturated carbocycles. The first kappa shape index (κ1) is 17.8. The first-order chi connectivity index (χ1) is 11.1. The van der Waals surface area contributed by atoms with Crippen LogP contribution < -0.4 is 0 Å². The molecule has 0 radical (unpaired) electrons. The zero-order chi connectivity index (χ0) is 18.0. The lowest BCUT2D eigenvalue weighted by atomic mass is 10.1. The Hall–Kier alpha value is -2.51. The number of benzene rings is 2. The molecular weight excluding hydrogens is 338 g/mol. The third-order valence-electron chi connectivity index (χ3n) is 3.12. The number of carbonyl (C=O) groups is 1. The second-order valence-corrected chi connectivity index (χ2v) is 4.83. The van der Waals surface area contributed by atoms with Crippen LogP contribution in [0.5, 0.6) is 0 Å². The van der Waals surface area contributed by atoms with Crippen molar-refractivity contribution in [2.45, 2.75) is 18.7 Å². The standard InChI is InChI=1S/C16H10F6O2/c17-13-8-11(15(18,19)16(20,21)22)6-7-12(13)14(23)24-9-10-4-2-1-3-5-10/h1-8H,9H2. The van der Waals surface area contributed by atoms with Gasteiger partial charge in [-0.25, -0.2) is 9.18 Å². The van der Waals surface area contributed by atoms with E-state index in [9.17, 15) is 31.1 Å². The van der Waals surface area contributed by atoms with Crippen LogP contribution >= 0.6 is 0 Å². The van der Waals surface area contributed by atoms with Gasteiger partial charge in [-0.1, -0.05) is 36.4 Å². The first-order valence-corrected chi connectivity index (χ1v) is 6.58. The Morgan fingerprint density at radius 2 is 1.58 bits per heavy atom. The Morgan fingerprint density at radius 3 is 2.12 bits per heavy atom. The number of rotatable bonds is 4. The van der Waals surface area contributed by atoms with Crippen LogP contribution in [-0.4, -0.2) is 12.1 Å². The average Bonchev–Trinajstić information content (AvgIpc) is 2.52. The maximum Gasteiger partial charge on any atom is 0.458 e. The molecular formula is C16H10F6O2. The Kier molecular flexibility index (Phi) is 4.86.